The molecule has 0 aliphatic carbocycles. The van der Waals surface area contributed by atoms with E-state index in [9.17, 15) is 4.79 Å². The van der Waals surface area contributed by atoms with Crippen LogP contribution in [-0.2, 0) is 11.3 Å². The largest absolute Gasteiger partial charge is 0.481 e. The van der Waals surface area contributed by atoms with Gasteiger partial charge in [0, 0.05) is 23.2 Å². The standard InChI is InChI=1S/C14H21NO2S/c1-10(2)18-13-6-4-12(5-7-13)9-15-8-11(3)14(16)17/h4-7,10-11,15H,8-9H2,1-3H3,(H,16,17). The highest BCUT2D eigenvalue weighted by Crippen LogP contribution is 2.22. The summed E-state index contributed by atoms with van der Waals surface area (Å²) in [5.74, 6) is -1.10. The van der Waals surface area contributed by atoms with Crippen LogP contribution >= 0.6 is 11.8 Å². The molecule has 0 saturated heterocycles. The first-order valence-electron chi connectivity index (χ1n) is 6.18. The van der Waals surface area contributed by atoms with E-state index >= 15 is 0 Å². The Morgan fingerprint density at radius 3 is 2.39 bits per heavy atom. The Labute approximate surface area is 113 Å². The molecule has 0 aromatic heterocycles. The maximum Gasteiger partial charge on any atom is 0.307 e. The molecule has 1 aromatic carbocycles. The first kappa shape index (κ1) is 15.1. The van der Waals surface area contributed by atoms with Gasteiger partial charge in [-0.2, -0.15) is 0 Å². The number of rotatable bonds is 7. The molecule has 100 valence electrons. The van der Waals surface area contributed by atoms with Crippen molar-refractivity contribution in [1.29, 1.82) is 0 Å². The maximum atomic E-state index is 10.6. The van der Waals surface area contributed by atoms with Crippen LogP contribution < -0.4 is 5.32 Å². The lowest BCUT2D eigenvalue weighted by Crippen LogP contribution is -2.25. The third kappa shape index (κ3) is 5.56. The zero-order valence-electron chi connectivity index (χ0n) is 11.1. The van der Waals surface area contributed by atoms with E-state index in [2.05, 4.69) is 43.4 Å². The van der Waals surface area contributed by atoms with Gasteiger partial charge >= 0.3 is 5.97 Å². The second-order valence-corrected chi connectivity index (χ2v) is 6.33. The third-order valence-electron chi connectivity index (χ3n) is 2.50. The lowest BCUT2D eigenvalue weighted by Gasteiger charge is -2.09. The van der Waals surface area contributed by atoms with Gasteiger partial charge in [-0.05, 0) is 17.7 Å². The molecule has 2 N–H and O–H groups in total. The van der Waals surface area contributed by atoms with Crippen molar-refractivity contribution in [3.63, 3.8) is 0 Å². The molecule has 0 aliphatic rings. The number of thioether (sulfide) groups is 1. The predicted octanol–water partition coefficient (Wildman–Crippen LogP) is 3.00. The van der Waals surface area contributed by atoms with Crippen LogP contribution in [-0.4, -0.2) is 22.9 Å². The van der Waals surface area contributed by atoms with Gasteiger partial charge < -0.3 is 10.4 Å². The van der Waals surface area contributed by atoms with Crippen molar-refractivity contribution in [1.82, 2.24) is 5.32 Å². The Kier molecular flexibility index (Phi) is 6.22. The van der Waals surface area contributed by atoms with Crippen LogP contribution in [0, 0.1) is 5.92 Å². The summed E-state index contributed by atoms with van der Waals surface area (Å²) >= 11 is 1.84. The number of hydrogen-bond acceptors (Lipinski definition) is 3. The van der Waals surface area contributed by atoms with Crippen LogP contribution in [0.5, 0.6) is 0 Å². The van der Waals surface area contributed by atoms with Crippen LogP contribution in [0.4, 0.5) is 0 Å². The molecule has 4 heteroatoms. The molecular weight excluding hydrogens is 246 g/mol. The molecule has 1 rings (SSSR count). The number of nitrogens with one attached hydrogen (secondary N) is 1. The predicted molar refractivity (Wildman–Crippen MR) is 75.9 cm³/mol. The van der Waals surface area contributed by atoms with Crippen LogP contribution in [0.2, 0.25) is 0 Å². The van der Waals surface area contributed by atoms with Gasteiger partial charge in [0.1, 0.15) is 0 Å². The molecule has 0 aliphatic heterocycles. The summed E-state index contributed by atoms with van der Waals surface area (Å²) in [6.07, 6.45) is 0. The number of aliphatic carboxylic acids is 1. The summed E-state index contributed by atoms with van der Waals surface area (Å²) in [6, 6.07) is 8.40. The highest BCUT2D eigenvalue weighted by Gasteiger charge is 2.09. The SMILES string of the molecule is CC(C)Sc1ccc(CNCC(C)C(=O)O)cc1. The van der Waals surface area contributed by atoms with Gasteiger partial charge in [-0.1, -0.05) is 32.9 Å². The van der Waals surface area contributed by atoms with Gasteiger partial charge in [0.2, 0.25) is 0 Å². The molecule has 0 bridgehead atoms. The molecule has 0 spiro atoms. The fraction of sp³-hybridized carbons (Fsp3) is 0.500. The van der Waals surface area contributed by atoms with Crippen LogP contribution in [0.3, 0.4) is 0 Å². The summed E-state index contributed by atoms with van der Waals surface area (Å²) in [5.41, 5.74) is 1.18. The first-order chi connectivity index (χ1) is 8.49. The molecule has 0 saturated carbocycles. The van der Waals surface area contributed by atoms with Crippen LogP contribution in [0.25, 0.3) is 0 Å². The lowest BCUT2D eigenvalue weighted by atomic mass is 10.1. The van der Waals surface area contributed by atoms with E-state index in [-0.39, 0.29) is 5.92 Å². The molecule has 0 radical (unpaired) electrons. The van der Waals surface area contributed by atoms with Crippen LogP contribution in [0.15, 0.2) is 29.2 Å². The Hall–Kier alpha value is -1.00. The number of carboxylic acid groups (broad SMARTS) is 1. The molecule has 1 unspecified atom stereocenters. The van der Waals surface area contributed by atoms with Gasteiger partial charge in [0.05, 0.1) is 5.92 Å². The molecule has 1 aromatic rings. The average Bonchev–Trinajstić information content (AvgIpc) is 2.30. The second-order valence-electron chi connectivity index (χ2n) is 4.68. The van der Waals surface area contributed by atoms with Crippen molar-refractivity contribution >= 4 is 17.7 Å². The van der Waals surface area contributed by atoms with E-state index in [1.165, 1.54) is 10.5 Å². The lowest BCUT2D eigenvalue weighted by molar-refractivity contribution is -0.140. The van der Waals surface area contributed by atoms with E-state index in [0.717, 1.165) is 0 Å². The zero-order valence-corrected chi connectivity index (χ0v) is 12.0. The average molecular weight is 267 g/mol. The number of hydrogen-bond donors (Lipinski definition) is 2. The van der Waals surface area contributed by atoms with Crippen molar-refractivity contribution < 1.29 is 9.90 Å². The van der Waals surface area contributed by atoms with Crippen molar-refractivity contribution in [2.75, 3.05) is 6.54 Å². The van der Waals surface area contributed by atoms with Crippen molar-refractivity contribution in [2.24, 2.45) is 5.92 Å². The smallest absolute Gasteiger partial charge is 0.307 e. The van der Waals surface area contributed by atoms with Gasteiger partial charge in [0.25, 0.3) is 0 Å². The van der Waals surface area contributed by atoms with E-state index in [0.29, 0.717) is 18.3 Å². The van der Waals surface area contributed by atoms with E-state index in [4.69, 9.17) is 5.11 Å². The summed E-state index contributed by atoms with van der Waals surface area (Å²) < 4.78 is 0. The summed E-state index contributed by atoms with van der Waals surface area (Å²) in [5, 5.41) is 12.5. The highest BCUT2D eigenvalue weighted by atomic mass is 32.2. The fourth-order valence-corrected chi connectivity index (χ4v) is 2.32. The number of benzene rings is 1. The zero-order chi connectivity index (χ0) is 13.5. The van der Waals surface area contributed by atoms with E-state index in [1.54, 1.807) is 6.92 Å². The minimum Gasteiger partial charge on any atom is -0.481 e. The van der Waals surface area contributed by atoms with Gasteiger partial charge in [-0.25, -0.2) is 0 Å². The molecule has 0 fully saturated rings. The van der Waals surface area contributed by atoms with Crippen molar-refractivity contribution in [3.8, 4) is 0 Å². The number of carbonyl (C=O) groups is 1. The van der Waals surface area contributed by atoms with Gasteiger partial charge in [0.15, 0.2) is 0 Å². The minimum atomic E-state index is -0.758. The second kappa shape index (κ2) is 7.44. The molecular formula is C14H21NO2S. The minimum absolute atomic E-state index is 0.347. The van der Waals surface area contributed by atoms with E-state index < -0.39 is 5.97 Å². The van der Waals surface area contributed by atoms with Gasteiger partial charge in [-0.3, -0.25) is 4.79 Å². The van der Waals surface area contributed by atoms with Crippen molar-refractivity contribution in [2.45, 2.75) is 37.5 Å². The fourth-order valence-electron chi connectivity index (χ4n) is 1.48. The maximum absolute atomic E-state index is 10.6. The Bertz CT molecular complexity index is 376. The normalized spacial score (nSPS) is 12.7. The molecule has 3 nitrogen and oxygen atoms in total. The molecule has 0 amide bonds. The third-order valence-corrected chi connectivity index (χ3v) is 3.51. The molecule has 1 atom stereocenters. The Balaban J connectivity index is 2.37. The van der Waals surface area contributed by atoms with Crippen molar-refractivity contribution in [3.05, 3.63) is 29.8 Å². The quantitative estimate of drug-likeness (QED) is 0.746. The highest BCUT2D eigenvalue weighted by molar-refractivity contribution is 7.99. The Morgan fingerprint density at radius 2 is 1.89 bits per heavy atom. The summed E-state index contributed by atoms with van der Waals surface area (Å²) in [6.45, 7) is 7.26. The monoisotopic (exact) mass is 267 g/mol. The van der Waals surface area contributed by atoms with Gasteiger partial charge in [-0.15, -0.1) is 11.8 Å². The van der Waals surface area contributed by atoms with Crippen LogP contribution in [0.1, 0.15) is 26.3 Å². The Morgan fingerprint density at radius 1 is 1.28 bits per heavy atom. The molecule has 18 heavy (non-hydrogen) atoms. The summed E-state index contributed by atoms with van der Waals surface area (Å²) in [4.78, 5) is 11.9. The first-order valence-corrected chi connectivity index (χ1v) is 7.06. The summed E-state index contributed by atoms with van der Waals surface area (Å²) in [7, 11) is 0. The van der Waals surface area contributed by atoms with E-state index in [1.807, 2.05) is 11.8 Å². The number of carboxylic acids is 1. The topological polar surface area (TPSA) is 49.3 Å². The molecule has 0 heterocycles.